The van der Waals surface area contributed by atoms with Crippen LogP contribution in [0.15, 0.2) is 4.99 Å². The van der Waals surface area contributed by atoms with Crippen LogP contribution in [0.2, 0.25) is 0 Å². The van der Waals surface area contributed by atoms with Crippen molar-refractivity contribution in [2.45, 2.75) is 37.8 Å². The molecule has 0 aromatic rings. The Labute approximate surface area is 113 Å². The summed E-state index contributed by atoms with van der Waals surface area (Å²) in [5, 5.41) is 8.75. The van der Waals surface area contributed by atoms with Gasteiger partial charge in [-0.1, -0.05) is 0 Å². The predicted octanol–water partition coefficient (Wildman–Crippen LogP) is 0.0741. The van der Waals surface area contributed by atoms with Gasteiger partial charge >= 0.3 is 5.97 Å². The molecule has 1 aliphatic carbocycles. The van der Waals surface area contributed by atoms with Crippen molar-refractivity contribution in [3.8, 4) is 0 Å². The highest BCUT2D eigenvalue weighted by Gasteiger charge is 2.29. The molecule has 17 heavy (non-hydrogen) atoms. The predicted molar refractivity (Wildman–Crippen MR) is 71.7 cm³/mol. The van der Waals surface area contributed by atoms with E-state index in [1.807, 2.05) is 0 Å². The Balaban J connectivity index is 0. The van der Waals surface area contributed by atoms with Gasteiger partial charge < -0.3 is 22.3 Å². The van der Waals surface area contributed by atoms with Crippen LogP contribution in [0.5, 0.6) is 0 Å². The van der Waals surface area contributed by atoms with Crippen molar-refractivity contribution in [2.75, 3.05) is 0 Å². The summed E-state index contributed by atoms with van der Waals surface area (Å²) in [5.74, 6) is -0.783. The number of carboxylic acids is 1. The van der Waals surface area contributed by atoms with Gasteiger partial charge in [-0.25, -0.2) is 0 Å². The van der Waals surface area contributed by atoms with Crippen molar-refractivity contribution in [3.63, 3.8) is 0 Å². The zero-order chi connectivity index (χ0) is 11.4. The van der Waals surface area contributed by atoms with E-state index >= 15 is 0 Å². The zero-order valence-electron chi connectivity index (χ0n) is 9.41. The van der Waals surface area contributed by atoms with Crippen LogP contribution in [0.25, 0.3) is 0 Å². The Morgan fingerprint density at radius 1 is 1.18 bits per heavy atom. The Morgan fingerprint density at radius 3 is 2.00 bits per heavy atom. The van der Waals surface area contributed by atoms with Crippen LogP contribution in [0, 0.1) is 5.92 Å². The Hall–Kier alpha value is -0.720. The largest absolute Gasteiger partial charge is 0.480 e. The van der Waals surface area contributed by atoms with Crippen LogP contribution in [-0.4, -0.2) is 29.1 Å². The van der Waals surface area contributed by atoms with E-state index in [9.17, 15) is 4.79 Å². The minimum atomic E-state index is -0.930. The number of carbonyl (C=O) groups is 1. The van der Waals surface area contributed by atoms with Gasteiger partial charge in [0.1, 0.15) is 6.04 Å². The molecule has 0 unspecified atom stereocenters. The maximum absolute atomic E-state index is 10.7. The molecular formula is C9H20Cl2N4O2. The molecule has 0 aromatic carbocycles. The van der Waals surface area contributed by atoms with E-state index in [4.69, 9.17) is 22.3 Å². The van der Waals surface area contributed by atoms with Crippen molar-refractivity contribution in [1.82, 2.24) is 0 Å². The number of hydrogen-bond acceptors (Lipinski definition) is 3. The smallest absolute Gasteiger partial charge is 0.320 e. The van der Waals surface area contributed by atoms with Gasteiger partial charge in [0.05, 0.1) is 6.04 Å². The average molecular weight is 287 g/mol. The molecule has 1 rings (SSSR count). The van der Waals surface area contributed by atoms with Crippen LogP contribution < -0.4 is 17.2 Å². The Morgan fingerprint density at radius 2 is 1.65 bits per heavy atom. The molecule has 0 radical (unpaired) electrons. The summed E-state index contributed by atoms with van der Waals surface area (Å²) in [7, 11) is 0. The highest BCUT2D eigenvalue weighted by atomic mass is 35.5. The van der Waals surface area contributed by atoms with Crippen molar-refractivity contribution in [1.29, 1.82) is 0 Å². The molecule has 8 heteroatoms. The molecule has 0 bridgehead atoms. The van der Waals surface area contributed by atoms with Crippen molar-refractivity contribution >= 4 is 36.7 Å². The summed E-state index contributed by atoms with van der Waals surface area (Å²) in [6.45, 7) is 0. The van der Waals surface area contributed by atoms with Gasteiger partial charge in [0.2, 0.25) is 0 Å². The standard InChI is InChI=1S/C9H18N4O2.2ClH/c10-7(8(14)15)5-1-3-6(4-2-5)13-9(11)12;;/h5-7H,1-4,10H2,(H,14,15)(H4,11,12,13);2*1H/t5?,6?,7-;;/m1../s1. The van der Waals surface area contributed by atoms with E-state index in [1.54, 1.807) is 0 Å². The van der Waals surface area contributed by atoms with Gasteiger partial charge in [0.25, 0.3) is 0 Å². The normalized spacial score (nSPS) is 24.8. The zero-order valence-corrected chi connectivity index (χ0v) is 11.0. The topological polar surface area (TPSA) is 128 Å². The number of aliphatic carboxylic acids is 1. The van der Waals surface area contributed by atoms with Crippen LogP contribution >= 0.6 is 24.8 Å². The number of rotatable bonds is 3. The fraction of sp³-hybridized carbons (Fsp3) is 0.778. The number of carboxylic acid groups (broad SMARTS) is 1. The third-order valence-corrected chi connectivity index (χ3v) is 2.87. The lowest BCUT2D eigenvalue weighted by molar-refractivity contribution is -0.140. The summed E-state index contributed by atoms with van der Waals surface area (Å²) >= 11 is 0. The van der Waals surface area contributed by atoms with E-state index < -0.39 is 12.0 Å². The van der Waals surface area contributed by atoms with E-state index in [0.717, 1.165) is 25.7 Å². The minimum Gasteiger partial charge on any atom is -0.480 e. The number of aliphatic imine (C=N–C) groups is 1. The third-order valence-electron chi connectivity index (χ3n) is 2.87. The lowest BCUT2D eigenvalue weighted by atomic mass is 9.82. The molecule has 0 heterocycles. The van der Waals surface area contributed by atoms with E-state index in [1.165, 1.54) is 0 Å². The number of nitrogens with zero attached hydrogens (tertiary/aromatic N) is 1. The molecule has 1 fully saturated rings. The lowest BCUT2D eigenvalue weighted by Gasteiger charge is -2.28. The first-order valence-electron chi connectivity index (χ1n) is 5.08. The molecule has 7 N–H and O–H groups in total. The second-order valence-electron chi connectivity index (χ2n) is 3.99. The number of guanidine groups is 1. The summed E-state index contributed by atoms with van der Waals surface area (Å²) in [6, 6.07) is -0.627. The van der Waals surface area contributed by atoms with Gasteiger partial charge in [-0.15, -0.1) is 24.8 Å². The minimum absolute atomic E-state index is 0. The van der Waals surface area contributed by atoms with Crippen molar-refractivity contribution in [2.24, 2.45) is 28.1 Å². The van der Waals surface area contributed by atoms with Crippen molar-refractivity contribution < 1.29 is 9.90 Å². The van der Waals surface area contributed by atoms with Gasteiger partial charge in [-0.3, -0.25) is 9.79 Å². The molecule has 0 aliphatic heterocycles. The fourth-order valence-corrected chi connectivity index (χ4v) is 2.00. The van der Waals surface area contributed by atoms with E-state index in [2.05, 4.69) is 4.99 Å². The molecule has 1 aliphatic rings. The molecule has 0 amide bonds. The van der Waals surface area contributed by atoms with Gasteiger partial charge in [-0.2, -0.15) is 0 Å². The third kappa shape index (κ3) is 5.95. The molecule has 1 saturated carbocycles. The monoisotopic (exact) mass is 286 g/mol. The maximum Gasteiger partial charge on any atom is 0.320 e. The summed E-state index contributed by atoms with van der Waals surface area (Å²) in [6.07, 6.45) is 3.16. The maximum atomic E-state index is 10.7. The summed E-state index contributed by atoms with van der Waals surface area (Å²) in [5.41, 5.74) is 16.1. The van der Waals surface area contributed by atoms with Crippen molar-refractivity contribution in [3.05, 3.63) is 0 Å². The van der Waals surface area contributed by atoms with Gasteiger partial charge in [0, 0.05) is 0 Å². The molecular weight excluding hydrogens is 267 g/mol. The summed E-state index contributed by atoms with van der Waals surface area (Å²) < 4.78 is 0. The van der Waals surface area contributed by atoms with E-state index in [0.29, 0.717) is 0 Å². The average Bonchev–Trinajstić information content (AvgIpc) is 2.17. The second kappa shape index (κ2) is 8.38. The first-order chi connectivity index (χ1) is 7.00. The Bertz CT molecular complexity index is 264. The fourth-order valence-electron chi connectivity index (χ4n) is 2.00. The van der Waals surface area contributed by atoms with Gasteiger partial charge in [0.15, 0.2) is 5.96 Å². The highest BCUT2D eigenvalue weighted by molar-refractivity contribution is 5.85. The van der Waals surface area contributed by atoms with Crippen LogP contribution in [0.1, 0.15) is 25.7 Å². The molecule has 0 spiro atoms. The second-order valence-corrected chi connectivity index (χ2v) is 3.99. The first kappa shape index (κ1) is 18.6. The molecule has 0 aromatic heterocycles. The van der Waals surface area contributed by atoms with Crippen LogP contribution in [0.3, 0.4) is 0 Å². The number of hydrogen-bond donors (Lipinski definition) is 4. The summed E-state index contributed by atoms with van der Waals surface area (Å²) in [4.78, 5) is 14.7. The first-order valence-corrected chi connectivity index (χ1v) is 5.08. The highest BCUT2D eigenvalue weighted by Crippen LogP contribution is 2.27. The van der Waals surface area contributed by atoms with Crippen LogP contribution in [0.4, 0.5) is 0 Å². The van der Waals surface area contributed by atoms with Crippen LogP contribution in [-0.2, 0) is 4.79 Å². The molecule has 6 nitrogen and oxygen atoms in total. The number of nitrogens with two attached hydrogens (primary N) is 3. The van der Waals surface area contributed by atoms with E-state index in [-0.39, 0.29) is 42.7 Å². The molecule has 0 saturated heterocycles. The quantitative estimate of drug-likeness (QED) is 0.431. The van der Waals surface area contributed by atoms with Gasteiger partial charge in [-0.05, 0) is 31.6 Å². The Kier molecular flexibility index (Phi) is 9.19. The molecule has 1 atom stereocenters. The SMILES string of the molecule is Cl.Cl.NC(N)=NC1CCC([C@@H](N)C(=O)O)CC1. The molecule has 102 valence electrons. The lowest BCUT2D eigenvalue weighted by Crippen LogP contribution is -2.40. The number of halogens is 2.